The Balaban J connectivity index is 1.81. The van der Waals surface area contributed by atoms with E-state index in [4.69, 9.17) is 10.9 Å². The van der Waals surface area contributed by atoms with Crippen LogP contribution in [0.1, 0.15) is 49.6 Å². The zero-order valence-electron chi connectivity index (χ0n) is 16.6. The van der Waals surface area contributed by atoms with Crippen molar-refractivity contribution in [2.45, 2.75) is 39.2 Å². The molecule has 0 aliphatic carbocycles. The predicted molar refractivity (Wildman–Crippen MR) is 111 cm³/mol. The summed E-state index contributed by atoms with van der Waals surface area (Å²) in [6.45, 7) is 4.77. The highest BCUT2D eigenvalue weighted by Gasteiger charge is 2.13. The zero-order chi connectivity index (χ0) is 20.4. The molecule has 0 fully saturated rings. The minimum absolute atomic E-state index is 0.0648. The Kier molecular flexibility index (Phi) is 8.10. The molecular formula is C21H27N5O2. The molecule has 0 aliphatic rings. The van der Waals surface area contributed by atoms with Crippen LogP contribution in [0.25, 0.3) is 0 Å². The molecule has 148 valence electrons. The van der Waals surface area contributed by atoms with Crippen LogP contribution in [0.15, 0.2) is 39.8 Å². The third-order valence-corrected chi connectivity index (χ3v) is 4.36. The molecule has 0 saturated heterocycles. The molecule has 0 unspecified atom stereocenters. The van der Waals surface area contributed by atoms with Crippen molar-refractivity contribution in [2.75, 3.05) is 18.9 Å². The molecule has 0 atom stereocenters. The highest BCUT2D eigenvalue weighted by atomic mass is 16.5. The Morgan fingerprint density at radius 1 is 1.29 bits per heavy atom. The monoisotopic (exact) mass is 381 g/mol. The summed E-state index contributed by atoms with van der Waals surface area (Å²) in [5.74, 6) is 3.96. The summed E-state index contributed by atoms with van der Waals surface area (Å²) < 4.78 is 5.38. The SMILES string of the molecule is C#Cc1cccc(NC(=O)CNC(=NC)NCc2cc(C(CC)CC)no2)c1. The number of nitrogens with one attached hydrogen (secondary N) is 3. The lowest BCUT2D eigenvalue weighted by atomic mass is 9.99. The summed E-state index contributed by atoms with van der Waals surface area (Å²) in [5.41, 5.74) is 2.34. The van der Waals surface area contributed by atoms with Crippen LogP contribution >= 0.6 is 0 Å². The number of benzene rings is 1. The number of guanidine groups is 1. The highest BCUT2D eigenvalue weighted by Crippen LogP contribution is 2.22. The molecule has 0 radical (unpaired) electrons. The van der Waals surface area contributed by atoms with Crippen LogP contribution in [-0.2, 0) is 11.3 Å². The normalized spacial score (nSPS) is 11.2. The molecule has 0 aliphatic heterocycles. The van der Waals surface area contributed by atoms with E-state index < -0.39 is 0 Å². The molecule has 2 rings (SSSR count). The van der Waals surface area contributed by atoms with Gasteiger partial charge in [-0.1, -0.05) is 31.0 Å². The fraction of sp³-hybridized carbons (Fsp3) is 0.381. The number of carbonyl (C=O) groups excluding carboxylic acids is 1. The van der Waals surface area contributed by atoms with Crippen LogP contribution in [-0.4, -0.2) is 30.6 Å². The minimum atomic E-state index is -0.201. The molecule has 0 spiro atoms. The average molecular weight is 381 g/mol. The number of hydrogen-bond donors (Lipinski definition) is 3. The standard InChI is InChI=1S/C21H27N5O2/c1-5-15-9-8-10-17(11-15)25-20(27)14-24-21(22-4)23-13-18-12-19(26-28-18)16(6-2)7-3/h1,8-12,16H,6-7,13-14H2,2-4H3,(H,25,27)(H2,22,23,24). The molecule has 1 amide bonds. The number of aliphatic imine (C=N–C) groups is 1. The minimum Gasteiger partial charge on any atom is -0.359 e. The molecule has 0 bridgehead atoms. The molecule has 1 aromatic heterocycles. The van der Waals surface area contributed by atoms with Gasteiger partial charge in [0.2, 0.25) is 5.91 Å². The van der Waals surface area contributed by atoms with Gasteiger partial charge in [-0.25, -0.2) is 0 Å². The first-order valence-electron chi connectivity index (χ1n) is 9.36. The molecule has 3 N–H and O–H groups in total. The second kappa shape index (κ2) is 10.8. The predicted octanol–water partition coefficient (Wildman–Crippen LogP) is 2.86. The van der Waals surface area contributed by atoms with Gasteiger partial charge >= 0.3 is 0 Å². The summed E-state index contributed by atoms with van der Waals surface area (Å²) in [6, 6.07) is 9.09. The Morgan fingerprint density at radius 2 is 2.07 bits per heavy atom. The number of hydrogen-bond acceptors (Lipinski definition) is 4. The number of aromatic nitrogens is 1. The third-order valence-electron chi connectivity index (χ3n) is 4.36. The van der Waals surface area contributed by atoms with Crippen LogP contribution in [0.5, 0.6) is 0 Å². The summed E-state index contributed by atoms with van der Waals surface area (Å²) >= 11 is 0. The van der Waals surface area contributed by atoms with Crippen LogP contribution in [0, 0.1) is 12.3 Å². The van der Waals surface area contributed by atoms with Gasteiger partial charge in [0.25, 0.3) is 0 Å². The van der Waals surface area contributed by atoms with Crippen LogP contribution in [0.3, 0.4) is 0 Å². The fourth-order valence-corrected chi connectivity index (χ4v) is 2.76. The number of carbonyl (C=O) groups is 1. The van der Waals surface area contributed by atoms with E-state index >= 15 is 0 Å². The van der Waals surface area contributed by atoms with Crippen LogP contribution in [0.2, 0.25) is 0 Å². The van der Waals surface area contributed by atoms with Crippen molar-refractivity contribution in [3.63, 3.8) is 0 Å². The lowest BCUT2D eigenvalue weighted by Crippen LogP contribution is -2.41. The van der Waals surface area contributed by atoms with Gasteiger partial charge in [0.1, 0.15) is 0 Å². The molecule has 0 saturated carbocycles. The van der Waals surface area contributed by atoms with Gasteiger partial charge in [0.15, 0.2) is 11.7 Å². The molecule has 1 aromatic carbocycles. The lowest BCUT2D eigenvalue weighted by molar-refractivity contribution is -0.115. The van der Waals surface area contributed by atoms with E-state index in [-0.39, 0.29) is 12.5 Å². The first kappa shape index (κ1) is 21.0. The summed E-state index contributed by atoms with van der Waals surface area (Å²) in [5, 5.41) is 13.0. The lowest BCUT2D eigenvalue weighted by Gasteiger charge is -2.11. The Morgan fingerprint density at radius 3 is 2.75 bits per heavy atom. The number of terminal acetylenes is 1. The average Bonchev–Trinajstić information content (AvgIpc) is 3.18. The summed E-state index contributed by atoms with van der Waals surface area (Å²) in [7, 11) is 1.64. The molecule has 1 heterocycles. The molecular weight excluding hydrogens is 354 g/mol. The van der Waals surface area contributed by atoms with Gasteiger partial charge in [-0.05, 0) is 31.0 Å². The Bertz CT molecular complexity index is 846. The van der Waals surface area contributed by atoms with Crippen molar-refractivity contribution < 1.29 is 9.32 Å². The number of anilines is 1. The van der Waals surface area contributed by atoms with Gasteiger partial charge in [0.05, 0.1) is 18.8 Å². The number of nitrogens with zero attached hydrogens (tertiary/aromatic N) is 2. The van der Waals surface area contributed by atoms with E-state index in [0.29, 0.717) is 29.7 Å². The third kappa shape index (κ3) is 6.16. The highest BCUT2D eigenvalue weighted by molar-refractivity contribution is 5.95. The Hall–Kier alpha value is -3.27. The van der Waals surface area contributed by atoms with Crippen molar-refractivity contribution >= 4 is 17.6 Å². The van der Waals surface area contributed by atoms with Gasteiger partial charge in [-0.2, -0.15) is 0 Å². The first-order chi connectivity index (χ1) is 13.6. The van der Waals surface area contributed by atoms with Crippen LogP contribution < -0.4 is 16.0 Å². The van der Waals surface area contributed by atoms with Crippen molar-refractivity contribution in [1.82, 2.24) is 15.8 Å². The largest absolute Gasteiger partial charge is 0.359 e. The van der Waals surface area contributed by atoms with E-state index in [9.17, 15) is 4.79 Å². The fourth-order valence-electron chi connectivity index (χ4n) is 2.76. The molecule has 2 aromatic rings. The smallest absolute Gasteiger partial charge is 0.243 e. The number of rotatable bonds is 8. The summed E-state index contributed by atoms with van der Waals surface area (Å²) in [4.78, 5) is 16.2. The van der Waals surface area contributed by atoms with E-state index in [2.05, 4.69) is 45.9 Å². The quantitative estimate of drug-likeness (QED) is 0.372. The van der Waals surface area contributed by atoms with E-state index in [1.165, 1.54) is 0 Å². The van der Waals surface area contributed by atoms with Gasteiger partial charge in [-0.3, -0.25) is 9.79 Å². The van der Waals surface area contributed by atoms with Crippen molar-refractivity contribution in [3.8, 4) is 12.3 Å². The van der Waals surface area contributed by atoms with E-state index in [1.54, 1.807) is 31.3 Å². The van der Waals surface area contributed by atoms with Gasteiger partial charge in [-0.15, -0.1) is 6.42 Å². The number of amides is 1. The maximum absolute atomic E-state index is 12.1. The molecule has 28 heavy (non-hydrogen) atoms. The maximum atomic E-state index is 12.1. The summed E-state index contributed by atoms with van der Waals surface area (Å²) in [6.07, 6.45) is 7.42. The first-order valence-corrected chi connectivity index (χ1v) is 9.36. The maximum Gasteiger partial charge on any atom is 0.243 e. The Labute approximate surface area is 166 Å². The van der Waals surface area contributed by atoms with Crippen molar-refractivity contribution in [2.24, 2.45) is 4.99 Å². The second-order valence-electron chi connectivity index (χ2n) is 6.28. The topological polar surface area (TPSA) is 91.5 Å². The second-order valence-corrected chi connectivity index (χ2v) is 6.28. The van der Waals surface area contributed by atoms with Crippen molar-refractivity contribution in [3.05, 3.63) is 47.3 Å². The molecule has 7 heteroatoms. The molecule has 7 nitrogen and oxygen atoms in total. The van der Waals surface area contributed by atoms with E-state index in [1.807, 2.05) is 6.07 Å². The zero-order valence-corrected chi connectivity index (χ0v) is 16.6. The van der Waals surface area contributed by atoms with Crippen molar-refractivity contribution in [1.29, 1.82) is 0 Å². The van der Waals surface area contributed by atoms with Crippen LogP contribution in [0.4, 0.5) is 5.69 Å². The van der Waals surface area contributed by atoms with Gasteiger partial charge < -0.3 is 20.5 Å². The van der Waals surface area contributed by atoms with E-state index in [0.717, 1.165) is 24.3 Å². The van der Waals surface area contributed by atoms with Gasteiger partial charge in [0, 0.05) is 30.3 Å².